The van der Waals surface area contributed by atoms with Crippen LogP contribution in [0.2, 0.25) is 10.3 Å². The standard InChI is InChI=1S/C7H8Cl2N2OS/c1-3-13-7-10-5(8)4(12-2)6(9)11-7/h3H2,1-2H3. The molecule has 0 aliphatic carbocycles. The molecule has 0 spiro atoms. The van der Waals surface area contributed by atoms with Crippen LogP contribution < -0.4 is 4.74 Å². The molecule has 13 heavy (non-hydrogen) atoms. The van der Waals surface area contributed by atoms with Gasteiger partial charge < -0.3 is 4.74 Å². The van der Waals surface area contributed by atoms with Gasteiger partial charge in [0, 0.05) is 0 Å². The summed E-state index contributed by atoms with van der Waals surface area (Å²) in [4.78, 5) is 8.00. The molecule has 0 aliphatic heterocycles. The van der Waals surface area contributed by atoms with E-state index < -0.39 is 0 Å². The minimum atomic E-state index is 0.249. The summed E-state index contributed by atoms with van der Waals surface area (Å²) in [7, 11) is 1.48. The van der Waals surface area contributed by atoms with Crippen molar-refractivity contribution in [1.82, 2.24) is 9.97 Å². The molecule has 0 aliphatic rings. The van der Waals surface area contributed by atoms with Crippen LogP contribution in [0.1, 0.15) is 6.92 Å². The monoisotopic (exact) mass is 238 g/mol. The fourth-order valence-electron chi connectivity index (χ4n) is 0.742. The van der Waals surface area contributed by atoms with Crippen molar-refractivity contribution in [2.24, 2.45) is 0 Å². The van der Waals surface area contributed by atoms with Crippen LogP contribution >= 0.6 is 35.0 Å². The Kier molecular flexibility index (Phi) is 4.09. The summed E-state index contributed by atoms with van der Waals surface area (Å²) in [6.45, 7) is 2.00. The van der Waals surface area contributed by atoms with E-state index in [0.717, 1.165) is 5.75 Å². The molecule has 0 fully saturated rings. The predicted octanol–water partition coefficient (Wildman–Crippen LogP) is 2.90. The number of rotatable bonds is 3. The smallest absolute Gasteiger partial charge is 0.193 e. The zero-order valence-electron chi connectivity index (χ0n) is 7.17. The second kappa shape index (κ2) is 4.88. The summed E-state index contributed by atoms with van der Waals surface area (Å²) < 4.78 is 4.91. The van der Waals surface area contributed by atoms with Crippen LogP contribution in [-0.4, -0.2) is 22.8 Å². The number of hydrogen-bond acceptors (Lipinski definition) is 4. The molecule has 0 saturated heterocycles. The number of nitrogens with zero attached hydrogens (tertiary/aromatic N) is 2. The molecule has 72 valence electrons. The first-order valence-corrected chi connectivity index (χ1v) is 5.33. The lowest BCUT2D eigenvalue weighted by Crippen LogP contribution is -1.94. The maximum Gasteiger partial charge on any atom is 0.193 e. The van der Waals surface area contributed by atoms with Crippen LogP contribution in [-0.2, 0) is 0 Å². The van der Waals surface area contributed by atoms with Crippen molar-refractivity contribution < 1.29 is 4.74 Å². The van der Waals surface area contributed by atoms with E-state index in [1.807, 2.05) is 6.92 Å². The van der Waals surface area contributed by atoms with E-state index in [1.165, 1.54) is 18.9 Å². The SMILES string of the molecule is CCSc1nc(Cl)c(OC)c(Cl)n1. The first-order valence-electron chi connectivity index (χ1n) is 3.58. The maximum absolute atomic E-state index is 5.80. The highest BCUT2D eigenvalue weighted by molar-refractivity contribution is 7.99. The number of hydrogen-bond donors (Lipinski definition) is 0. The van der Waals surface area contributed by atoms with E-state index >= 15 is 0 Å². The molecule has 3 nitrogen and oxygen atoms in total. The highest BCUT2D eigenvalue weighted by Gasteiger charge is 2.11. The average molecular weight is 239 g/mol. The van der Waals surface area contributed by atoms with Gasteiger partial charge in [0.15, 0.2) is 21.2 Å². The van der Waals surface area contributed by atoms with E-state index in [2.05, 4.69) is 9.97 Å². The Morgan fingerprint density at radius 2 is 1.85 bits per heavy atom. The first kappa shape index (κ1) is 10.9. The minimum absolute atomic E-state index is 0.249. The third-order valence-corrected chi connectivity index (χ3v) is 2.48. The first-order chi connectivity index (χ1) is 6.19. The van der Waals surface area contributed by atoms with Crippen molar-refractivity contribution in [1.29, 1.82) is 0 Å². The molecule has 0 unspecified atom stereocenters. The Balaban J connectivity index is 3.05. The summed E-state index contributed by atoms with van der Waals surface area (Å²) in [5.74, 6) is 1.20. The van der Waals surface area contributed by atoms with Crippen molar-refractivity contribution in [2.45, 2.75) is 12.1 Å². The second-order valence-electron chi connectivity index (χ2n) is 2.05. The largest absolute Gasteiger partial charge is 0.491 e. The topological polar surface area (TPSA) is 35.0 Å². The van der Waals surface area contributed by atoms with Gasteiger partial charge in [-0.2, -0.15) is 0 Å². The van der Waals surface area contributed by atoms with E-state index in [9.17, 15) is 0 Å². The molecule has 1 heterocycles. The van der Waals surface area contributed by atoms with E-state index in [0.29, 0.717) is 10.9 Å². The van der Waals surface area contributed by atoms with Crippen molar-refractivity contribution >= 4 is 35.0 Å². The molecule has 0 atom stereocenters. The zero-order valence-corrected chi connectivity index (χ0v) is 9.50. The van der Waals surface area contributed by atoms with Gasteiger partial charge in [0.25, 0.3) is 0 Å². The van der Waals surface area contributed by atoms with E-state index in [4.69, 9.17) is 27.9 Å². The van der Waals surface area contributed by atoms with Gasteiger partial charge in [0.2, 0.25) is 0 Å². The molecule has 0 N–H and O–H groups in total. The van der Waals surface area contributed by atoms with Gasteiger partial charge in [0.1, 0.15) is 0 Å². The zero-order chi connectivity index (χ0) is 9.84. The lowest BCUT2D eigenvalue weighted by molar-refractivity contribution is 0.409. The molecular weight excluding hydrogens is 231 g/mol. The number of halogens is 2. The lowest BCUT2D eigenvalue weighted by atomic mass is 10.6. The van der Waals surface area contributed by atoms with Crippen LogP contribution in [0.5, 0.6) is 5.75 Å². The molecule has 0 bridgehead atoms. The summed E-state index contributed by atoms with van der Waals surface area (Å²) in [5.41, 5.74) is 0. The predicted molar refractivity (Wildman–Crippen MR) is 55.0 cm³/mol. The minimum Gasteiger partial charge on any atom is -0.491 e. The molecule has 0 aromatic carbocycles. The van der Waals surface area contributed by atoms with Crippen LogP contribution in [0.15, 0.2) is 5.16 Å². The summed E-state index contributed by atoms with van der Waals surface area (Å²) >= 11 is 13.1. The van der Waals surface area contributed by atoms with Crippen LogP contribution in [0.4, 0.5) is 0 Å². The third kappa shape index (κ3) is 2.62. The van der Waals surface area contributed by atoms with Gasteiger partial charge in [-0.3, -0.25) is 0 Å². The maximum atomic E-state index is 5.80. The van der Waals surface area contributed by atoms with E-state index in [1.54, 1.807) is 0 Å². The van der Waals surface area contributed by atoms with Gasteiger partial charge in [0.05, 0.1) is 7.11 Å². The Morgan fingerprint density at radius 3 is 2.23 bits per heavy atom. The number of ether oxygens (including phenoxy) is 1. The molecule has 1 aromatic rings. The van der Waals surface area contributed by atoms with Crippen molar-refractivity contribution in [3.63, 3.8) is 0 Å². The van der Waals surface area contributed by atoms with Crippen molar-refractivity contribution in [3.05, 3.63) is 10.3 Å². The van der Waals surface area contributed by atoms with Crippen molar-refractivity contribution in [2.75, 3.05) is 12.9 Å². The molecule has 0 amide bonds. The summed E-state index contributed by atoms with van der Waals surface area (Å²) in [5, 5.41) is 1.07. The summed E-state index contributed by atoms with van der Waals surface area (Å²) in [6, 6.07) is 0. The third-order valence-electron chi connectivity index (χ3n) is 1.24. The van der Waals surface area contributed by atoms with Crippen LogP contribution in [0.3, 0.4) is 0 Å². The average Bonchev–Trinajstić information content (AvgIpc) is 2.04. The Morgan fingerprint density at radius 1 is 1.31 bits per heavy atom. The molecular formula is C7H8Cl2N2OS. The quantitative estimate of drug-likeness (QED) is 0.461. The van der Waals surface area contributed by atoms with Gasteiger partial charge in [-0.05, 0) is 5.75 Å². The molecule has 6 heteroatoms. The molecule has 1 aromatic heterocycles. The number of thioether (sulfide) groups is 1. The highest BCUT2D eigenvalue weighted by atomic mass is 35.5. The molecule has 1 rings (SSSR count). The lowest BCUT2D eigenvalue weighted by Gasteiger charge is -2.05. The van der Waals surface area contributed by atoms with Gasteiger partial charge >= 0.3 is 0 Å². The normalized spacial score (nSPS) is 10.2. The fraction of sp³-hybridized carbons (Fsp3) is 0.429. The fourth-order valence-corrected chi connectivity index (χ4v) is 1.95. The molecule has 0 radical (unpaired) electrons. The highest BCUT2D eigenvalue weighted by Crippen LogP contribution is 2.31. The number of methoxy groups -OCH3 is 1. The van der Waals surface area contributed by atoms with E-state index in [-0.39, 0.29) is 10.3 Å². The number of aromatic nitrogens is 2. The summed E-state index contributed by atoms with van der Waals surface area (Å²) in [6.07, 6.45) is 0. The molecule has 0 saturated carbocycles. The van der Waals surface area contributed by atoms with Crippen LogP contribution in [0.25, 0.3) is 0 Å². The Hall–Kier alpha value is -0.190. The second-order valence-corrected chi connectivity index (χ2v) is 4.00. The van der Waals surface area contributed by atoms with Crippen LogP contribution in [0, 0.1) is 0 Å². The Bertz CT molecular complexity index is 286. The van der Waals surface area contributed by atoms with Gasteiger partial charge in [-0.25, -0.2) is 9.97 Å². The Labute approximate surface area is 90.8 Å². The van der Waals surface area contributed by atoms with Crippen molar-refractivity contribution in [3.8, 4) is 5.75 Å². The van der Waals surface area contributed by atoms with Gasteiger partial charge in [-0.1, -0.05) is 41.9 Å². The van der Waals surface area contributed by atoms with Gasteiger partial charge in [-0.15, -0.1) is 0 Å².